The molecule has 18 heavy (non-hydrogen) atoms. The lowest BCUT2D eigenvalue weighted by Gasteiger charge is -2.19. The van der Waals surface area contributed by atoms with Crippen LogP contribution in [0.1, 0.15) is 5.56 Å². The van der Waals surface area contributed by atoms with Crippen LogP contribution in [-0.2, 0) is 16.6 Å². The van der Waals surface area contributed by atoms with Crippen molar-refractivity contribution in [1.29, 1.82) is 0 Å². The molecule has 0 aliphatic carbocycles. The summed E-state index contributed by atoms with van der Waals surface area (Å²) in [6, 6.07) is 6.39. The Morgan fingerprint density at radius 1 is 1.33 bits per heavy atom. The van der Waals surface area contributed by atoms with Crippen LogP contribution in [0.15, 0.2) is 41.8 Å². The van der Waals surface area contributed by atoms with Crippen molar-refractivity contribution in [2.45, 2.75) is 11.4 Å². The number of rotatable bonds is 7. The van der Waals surface area contributed by atoms with Gasteiger partial charge in [-0.2, -0.15) is 4.31 Å². The molecule has 0 saturated carbocycles. The molecule has 5 nitrogen and oxygen atoms in total. The highest BCUT2D eigenvalue weighted by molar-refractivity contribution is 7.89. The smallest absolute Gasteiger partial charge is 0.243 e. The first-order chi connectivity index (χ1) is 8.56. The number of aliphatic hydroxyl groups excluding tert-OH is 1. The maximum atomic E-state index is 12.2. The summed E-state index contributed by atoms with van der Waals surface area (Å²) < 4.78 is 25.7. The quantitative estimate of drug-likeness (QED) is 0.699. The third-order valence-electron chi connectivity index (χ3n) is 2.48. The number of nitrogens with zero attached hydrogens (tertiary/aromatic N) is 1. The summed E-state index contributed by atoms with van der Waals surface area (Å²) in [6.45, 7) is 3.87. The second kappa shape index (κ2) is 6.65. The van der Waals surface area contributed by atoms with Gasteiger partial charge in [0.2, 0.25) is 10.0 Å². The van der Waals surface area contributed by atoms with Crippen molar-refractivity contribution in [2.24, 2.45) is 5.73 Å². The molecule has 0 bridgehead atoms. The van der Waals surface area contributed by atoms with Crippen molar-refractivity contribution < 1.29 is 13.5 Å². The van der Waals surface area contributed by atoms with E-state index in [1.165, 1.54) is 22.5 Å². The molecule has 1 aromatic rings. The topological polar surface area (TPSA) is 83.6 Å². The van der Waals surface area contributed by atoms with Crippen molar-refractivity contribution in [2.75, 3.05) is 19.7 Å². The predicted molar refractivity (Wildman–Crippen MR) is 70.4 cm³/mol. The molecule has 3 N–H and O–H groups in total. The lowest BCUT2D eigenvalue weighted by atomic mass is 10.2. The summed E-state index contributed by atoms with van der Waals surface area (Å²) >= 11 is 0. The van der Waals surface area contributed by atoms with Crippen molar-refractivity contribution in [3.63, 3.8) is 0 Å². The molecule has 0 heterocycles. The van der Waals surface area contributed by atoms with Crippen LogP contribution in [-0.4, -0.2) is 37.5 Å². The molecule has 100 valence electrons. The minimum absolute atomic E-state index is 0.0486. The fraction of sp³-hybridized carbons (Fsp3) is 0.333. The summed E-state index contributed by atoms with van der Waals surface area (Å²) in [5, 5.41) is 8.90. The van der Waals surface area contributed by atoms with Gasteiger partial charge in [0, 0.05) is 19.6 Å². The van der Waals surface area contributed by atoms with Crippen molar-refractivity contribution in [3.05, 3.63) is 42.5 Å². The molecule has 0 fully saturated rings. The second-order valence-corrected chi connectivity index (χ2v) is 5.66. The first kappa shape index (κ1) is 14.8. The fourth-order valence-corrected chi connectivity index (χ4v) is 2.91. The van der Waals surface area contributed by atoms with E-state index in [1.54, 1.807) is 12.1 Å². The lowest BCUT2D eigenvalue weighted by Crippen LogP contribution is -2.33. The van der Waals surface area contributed by atoms with Gasteiger partial charge < -0.3 is 10.8 Å². The summed E-state index contributed by atoms with van der Waals surface area (Å²) in [7, 11) is -3.59. The van der Waals surface area contributed by atoms with Crippen LogP contribution >= 0.6 is 0 Å². The largest absolute Gasteiger partial charge is 0.395 e. The van der Waals surface area contributed by atoms with Crippen LogP contribution in [0.3, 0.4) is 0 Å². The molecule has 0 aliphatic heterocycles. The SMILES string of the molecule is C=CCN(CCO)S(=O)(=O)c1ccc(CN)cc1. The molecular weight excluding hydrogens is 252 g/mol. The fourth-order valence-electron chi connectivity index (χ4n) is 1.51. The third kappa shape index (κ3) is 3.39. The Bertz CT molecular complexity index is 483. The zero-order valence-electron chi connectivity index (χ0n) is 10.1. The standard InChI is InChI=1S/C12H18N2O3S/c1-2-7-14(8-9-15)18(16,17)12-5-3-11(10-13)4-6-12/h2-6,15H,1,7-10,13H2. The molecule has 0 aromatic heterocycles. The number of aliphatic hydroxyl groups is 1. The molecule has 0 saturated heterocycles. The van der Waals surface area contributed by atoms with E-state index in [1.807, 2.05) is 0 Å². The highest BCUT2D eigenvalue weighted by atomic mass is 32.2. The second-order valence-electron chi connectivity index (χ2n) is 3.72. The molecule has 0 amide bonds. The van der Waals surface area contributed by atoms with Crippen LogP contribution in [0.4, 0.5) is 0 Å². The Kier molecular flexibility index (Phi) is 5.49. The highest BCUT2D eigenvalue weighted by Crippen LogP contribution is 2.16. The third-order valence-corrected chi connectivity index (χ3v) is 4.36. The van der Waals surface area contributed by atoms with Crippen molar-refractivity contribution in [1.82, 2.24) is 4.31 Å². The minimum atomic E-state index is -3.59. The van der Waals surface area contributed by atoms with Gasteiger partial charge in [-0.25, -0.2) is 8.42 Å². The molecule has 0 unspecified atom stereocenters. The Balaban J connectivity index is 3.04. The summed E-state index contributed by atoms with van der Waals surface area (Å²) in [4.78, 5) is 0.190. The Labute approximate surface area is 108 Å². The summed E-state index contributed by atoms with van der Waals surface area (Å²) in [5.41, 5.74) is 6.32. The van der Waals surface area contributed by atoms with Crippen LogP contribution in [0.5, 0.6) is 0 Å². The van der Waals surface area contributed by atoms with Gasteiger partial charge in [0.25, 0.3) is 0 Å². The summed E-state index contributed by atoms with van der Waals surface area (Å²) in [6.07, 6.45) is 1.49. The molecule has 0 radical (unpaired) electrons. The monoisotopic (exact) mass is 270 g/mol. The van der Waals surface area contributed by atoms with E-state index >= 15 is 0 Å². The van der Waals surface area contributed by atoms with Gasteiger partial charge in [-0.3, -0.25) is 0 Å². The zero-order chi connectivity index (χ0) is 13.6. The van der Waals surface area contributed by atoms with E-state index in [-0.39, 0.29) is 24.6 Å². The normalized spacial score (nSPS) is 11.7. The zero-order valence-corrected chi connectivity index (χ0v) is 10.9. The maximum absolute atomic E-state index is 12.2. The number of hydrogen-bond acceptors (Lipinski definition) is 4. The Morgan fingerprint density at radius 2 is 1.94 bits per heavy atom. The van der Waals surface area contributed by atoms with Gasteiger partial charge in [0.05, 0.1) is 11.5 Å². The number of benzene rings is 1. The number of nitrogens with two attached hydrogens (primary N) is 1. The minimum Gasteiger partial charge on any atom is -0.395 e. The molecule has 6 heteroatoms. The van der Waals surface area contributed by atoms with Gasteiger partial charge in [0.1, 0.15) is 0 Å². The molecule has 1 rings (SSSR count). The van der Waals surface area contributed by atoms with Crippen LogP contribution in [0.25, 0.3) is 0 Å². The average molecular weight is 270 g/mol. The molecule has 0 atom stereocenters. The highest BCUT2D eigenvalue weighted by Gasteiger charge is 2.22. The van der Waals surface area contributed by atoms with Crippen LogP contribution in [0, 0.1) is 0 Å². The van der Waals surface area contributed by atoms with Gasteiger partial charge in [0.15, 0.2) is 0 Å². The van der Waals surface area contributed by atoms with E-state index in [4.69, 9.17) is 10.8 Å². The van der Waals surface area contributed by atoms with Crippen LogP contribution < -0.4 is 5.73 Å². The predicted octanol–water partition coefficient (Wildman–Crippen LogP) is 0.314. The molecule has 1 aromatic carbocycles. The molecular formula is C12H18N2O3S. The van der Waals surface area contributed by atoms with Crippen molar-refractivity contribution >= 4 is 10.0 Å². The lowest BCUT2D eigenvalue weighted by molar-refractivity contribution is 0.260. The van der Waals surface area contributed by atoms with Gasteiger partial charge in [-0.15, -0.1) is 6.58 Å². The van der Waals surface area contributed by atoms with Gasteiger partial charge >= 0.3 is 0 Å². The Hall–Kier alpha value is -1.21. The Morgan fingerprint density at radius 3 is 2.39 bits per heavy atom. The first-order valence-corrected chi connectivity index (χ1v) is 7.01. The van der Waals surface area contributed by atoms with E-state index < -0.39 is 10.0 Å². The molecule has 0 aliphatic rings. The van der Waals surface area contributed by atoms with E-state index in [9.17, 15) is 8.42 Å². The molecule has 0 spiro atoms. The van der Waals surface area contributed by atoms with E-state index in [0.717, 1.165) is 5.56 Å². The maximum Gasteiger partial charge on any atom is 0.243 e. The van der Waals surface area contributed by atoms with Gasteiger partial charge in [-0.1, -0.05) is 18.2 Å². The van der Waals surface area contributed by atoms with E-state index in [0.29, 0.717) is 6.54 Å². The van der Waals surface area contributed by atoms with E-state index in [2.05, 4.69) is 6.58 Å². The number of sulfonamides is 1. The van der Waals surface area contributed by atoms with Gasteiger partial charge in [-0.05, 0) is 17.7 Å². The van der Waals surface area contributed by atoms with Crippen LogP contribution in [0.2, 0.25) is 0 Å². The van der Waals surface area contributed by atoms with Crippen molar-refractivity contribution in [3.8, 4) is 0 Å². The first-order valence-electron chi connectivity index (χ1n) is 5.57. The summed E-state index contributed by atoms with van der Waals surface area (Å²) in [5.74, 6) is 0. The average Bonchev–Trinajstić information content (AvgIpc) is 2.38. The number of hydrogen-bond donors (Lipinski definition) is 2.